The Morgan fingerprint density at radius 3 is 2.67 bits per heavy atom. The first-order valence-electron chi connectivity index (χ1n) is 13.7. The molecule has 0 saturated carbocycles. The maximum Gasteiger partial charge on any atom is 0.259 e. The molecule has 1 atom stereocenters. The van der Waals surface area contributed by atoms with E-state index in [1.165, 1.54) is 18.9 Å². The number of nitrogens with two attached hydrogens (primary N) is 1. The van der Waals surface area contributed by atoms with Crippen molar-refractivity contribution in [2.45, 2.75) is 51.5 Å². The van der Waals surface area contributed by atoms with Crippen LogP contribution in [0.15, 0.2) is 53.7 Å². The number of aromatic nitrogens is 4. The predicted octanol–water partition coefficient (Wildman–Crippen LogP) is 4.27. The fourth-order valence-corrected chi connectivity index (χ4v) is 5.65. The quantitative estimate of drug-likeness (QED) is 0.285. The Morgan fingerprint density at radius 2 is 1.98 bits per heavy atom. The van der Waals surface area contributed by atoms with E-state index >= 15 is 0 Å². The van der Waals surface area contributed by atoms with Crippen LogP contribution in [0.25, 0.3) is 22.2 Å². The van der Waals surface area contributed by atoms with Crippen LogP contribution in [-0.4, -0.2) is 57.0 Å². The van der Waals surface area contributed by atoms with Crippen molar-refractivity contribution in [1.29, 1.82) is 0 Å². The highest BCUT2D eigenvalue weighted by Crippen LogP contribution is 2.34. The van der Waals surface area contributed by atoms with E-state index < -0.39 is 0 Å². The van der Waals surface area contributed by atoms with Gasteiger partial charge in [0.1, 0.15) is 11.5 Å². The van der Waals surface area contributed by atoms with Crippen molar-refractivity contribution in [2.75, 3.05) is 25.5 Å². The third-order valence-electron chi connectivity index (χ3n) is 7.67. The minimum absolute atomic E-state index is 0.178. The molecule has 1 fully saturated rings. The number of carbonyl (C=O) groups is 1. The number of H-pyrrole nitrogens is 1. The van der Waals surface area contributed by atoms with E-state index in [1.807, 2.05) is 18.2 Å². The summed E-state index contributed by atoms with van der Waals surface area (Å²) in [5, 5.41) is 4.58. The summed E-state index contributed by atoms with van der Waals surface area (Å²) < 4.78 is 5.23. The number of primary amides is 1. The van der Waals surface area contributed by atoms with E-state index in [2.05, 4.69) is 51.1 Å². The minimum atomic E-state index is -0.229. The SMILES string of the molecule is CCCC(C(N)=O)N1CCC(c2ccc(Nc3nc(-c4cncc(OC)n4)cc4cc[nH]c(=O)c34)cc2C)CC1. The van der Waals surface area contributed by atoms with E-state index in [0.29, 0.717) is 34.4 Å². The molecule has 10 heteroatoms. The van der Waals surface area contributed by atoms with E-state index in [1.54, 1.807) is 12.4 Å². The van der Waals surface area contributed by atoms with Crippen molar-refractivity contribution >= 4 is 28.2 Å². The second kappa shape index (κ2) is 11.8. The first-order valence-corrected chi connectivity index (χ1v) is 13.7. The van der Waals surface area contributed by atoms with Crippen LogP contribution >= 0.6 is 0 Å². The third kappa shape index (κ3) is 5.67. The lowest BCUT2D eigenvalue weighted by Gasteiger charge is -2.36. The molecule has 0 bridgehead atoms. The maximum atomic E-state index is 12.8. The number of ether oxygens (including phenoxy) is 1. The molecule has 0 aliphatic carbocycles. The number of nitrogens with zero attached hydrogens (tertiary/aromatic N) is 4. The van der Waals surface area contributed by atoms with Crippen LogP contribution in [0.3, 0.4) is 0 Å². The van der Waals surface area contributed by atoms with Crippen LogP contribution in [0, 0.1) is 6.92 Å². The lowest BCUT2D eigenvalue weighted by Crippen LogP contribution is -2.48. The fraction of sp³-hybridized carbons (Fsp3) is 0.367. The number of anilines is 2. The predicted molar refractivity (Wildman–Crippen MR) is 156 cm³/mol. The number of benzene rings is 1. The zero-order valence-electron chi connectivity index (χ0n) is 23.1. The Labute approximate surface area is 233 Å². The maximum absolute atomic E-state index is 12.8. The molecule has 40 heavy (non-hydrogen) atoms. The largest absolute Gasteiger partial charge is 0.480 e. The van der Waals surface area contributed by atoms with Crippen molar-refractivity contribution in [2.24, 2.45) is 5.73 Å². The molecule has 4 N–H and O–H groups in total. The van der Waals surface area contributed by atoms with Gasteiger partial charge in [0.25, 0.3) is 5.56 Å². The number of pyridine rings is 2. The monoisotopic (exact) mass is 541 g/mol. The topological polar surface area (TPSA) is 139 Å². The highest BCUT2D eigenvalue weighted by Gasteiger charge is 2.29. The average molecular weight is 542 g/mol. The molecule has 1 saturated heterocycles. The van der Waals surface area contributed by atoms with Gasteiger partial charge in [0.2, 0.25) is 11.8 Å². The van der Waals surface area contributed by atoms with Crippen LogP contribution in [0.5, 0.6) is 5.88 Å². The van der Waals surface area contributed by atoms with Crippen LogP contribution in [-0.2, 0) is 4.79 Å². The summed E-state index contributed by atoms with van der Waals surface area (Å²) >= 11 is 0. The van der Waals surface area contributed by atoms with Gasteiger partial charge in [0.15, 0.2) is 0 Å². The zero-order valence-corrected chi connectivity index (χ0v) is 23.1. The van der Waals surface area contributed by atoms with Crippen LogP contribution < -0.4 is 21.3 Å². The van der Waals surface area contributed by atoms with Crippen LogP contribution in [0.4, 0.5) is 11.5 Å². The molecular formula is C30H35N7O3. The smallest absolute Gasteiger partial charge is 0.259 e. The van der Waals surface area contributed by atoms with Gasteiger partial charge in [-0.2, -0.15) is 0 Å². The normalized spacial score (nSPS) is 15.2. The van der Waals surface area contributed by atoms with Gasteiger partial charge in [-0.3, -0.25) is 19.5 Å². The van der Waals surface area contributed by atoms with Gasteiger partial charge >= 0.3 is 0 Å². The number of carbonyl (C=O) groups excluding carboxylic acids is 1. The standard InChI is InChI=1S/C30H35N7O3/c1-4-5-25(28(31)38)37-12-9-19(10-13-37)22-7-6-21(14-18(22)2)34-29-27-20(8-11-33-30(27)39)15-23(36-29)24-16-32-17-26(35-24)40-3/h6-8,11,14-17,19,25H,4-5,9-10,12-13H2,1-3H3,(H2,31,38)(H,33,39)(H,34,36). The molecule has 5 rings (SSSR count). The number of amides is 1. The number of hydrogen-bond donors (Lipinski definition) is 3. The van der Waals surface area contributed by atoms with Gasteiger partial charge in [-0.1, -0.05) is 19.4 Å². The molecule has 208 valence electrons. The Bertz CT molecular complexity index is 1580. The Balaban J connectivity index is 1.40. The number of fused-ring (bicyclic) bond motifs is 1. The number of hydrogen-bond acceptors (Lipinski definition) is 8. The molecule has 1 aliphatic heterocycles. The van der Waals surface area contributed by atoms with Crippen molar-refractivity contribution in [1.82, 2.24) is 24.8 Å². The fourth-order valence-electron chi connectivity index (χ4n) is 5.65. The molecule has 0 radical (unpaired) electrons. The van der Waals surface area contributed by atoms with Gasteiger partial charge in [0, 0.05) is 11.9 Å². The molecule has 4 aromatic rings. The average Bonchev–Trinajstić information content (AvgIpc) is 2.96. The molecule has 1 unspecified atom stereocenters. The molecule has 1 aromatic carbocycles. The van der Waals surface area contributed by atoms with E-state index in [9.17, 15) is 9.59 Å². The third-order valence-corrected chi connectivity index (χ3v) is 7.67. The van der Waals surface area contributed by atoms with E-state index in [0.717, 1.165) is 55.4 Å². The molecule has 1 aliphatic rings. The van der Waals surface area contributed by atoms with E-state index in [4.69, 9.17) is 15.5 Å². The summed E-state index contributed by atoms with van der Waals surface area (Å²) in [7, 11) is 1.54. The minimum Gasteiger partial charge on any atom is -0.480 e. The van der Waals surface area contributed by atoms with Gasteiger partial charge in [0.05, 0.1) is 36.6 Å². The first kappa shape index (κ1) is 27.3. The summed E-state index contributed by atoms with van der Waals surface area (Å²) in [5.41, 5.74) is 9.86. The van der Waals surface area contributed by atoms with Gasteiger partial charge in [-0.25, -0.2) is 9.97 Å². The Morgan fingerprint density at radius 1 is 1.18 bits per heavy atom. The highest BCUT2D eigenvalue weighted by molar-refractivity contribution is 5.95. The Hall–Kier alpha value is -4.31. The number of methoxy groups -OCH3 is 1. The van der Waals surface area contributed by atoms with Gasteiger partial charge in [-0.15, -0.1) is 0 Å². The van der Waals surface area contributed by atoms with E-state index in [-0.39, 0.29) is 17.5 Å². The van der Waals surface area contributed by atoms with Crippen molar-refractivity contribution < 1.29 is 9.53 Å². The number of likely N-dealkylation sites (tertiary alicyclic amines) is 1. The summed E-state index contributed by atoms with van der Waals surface area (Å²) in [4.78, 5) is 43.2. The van der Waals surface area contributed by atoms with Gasteiger partial charge in [-0.05, 0) is 86.0 Å². The molecule has 1 amide bonds. The summed E-state index contributed by atoms with van der Waals surface area (Å²) in [5.74, 6) is 1.01. The second-order valence-corrected chi connectivity index (χ2v) is 10.3. The number of rotatable bonds is 9. The second-order valence-electron chi connectivity index (χ2n) is 10.3. The summed E-state index contributed by atoms with van der Waals surface area (Å²) in [6.07, 6.45) is 8.46. The number of aromatic amines is 1. The molecule has 3 aromatic heterocycles. The Kier molecular flexibility index (Phi) is 8.06. The van der Waals surface area contributed by atoms with Crippen LogP contribution in [0.1, 0.15) is 49.7 Å². The highest BCUT2D eigenvalue weighted by atomic mass is 16.5. The lowest BCUT2D eigenvalue weighted by atomic mass is 9.86. The molecular weight excluding hydrogens is 506 g/mol. The lowest BCUT2D eigenvalue weighted by molar-refractivity contribution is -0.124. The van der Waals surface area contributed by atoms with Crippen molar-refractivity contribution in [3.63, 3.8) is 0 Å². The zero-order chi connectivity index (χ0) is 28.2. The summed E-state index contributed by atoms with van der Waals surface area (Å²) in [6.45, 7) is 5.91. The van der Waals surface area contributed by atoms with Crippen LogP contribution in [0.2, 0.25) is 0 Å². The molecule has 4 heterocycles. The molecule has 0 spiro atoms. The number of aryl methyl sites for hydroxylation is 1. The first-order chi connectivity index (χ1) is 19.4. The number of piperidine rings is 1. The van der Waals surface area contributed by atoms with Gasteiger partial charge < -0.3 is 20.8 Å². The van der Waals surface area contributed by atoms with Crippen molar-refractivity contribution in [3.05, 3.63) is 70.4 Å². The molecule has 10 nitrogen and oxygen atoms in total. The number of nitrogens with one attached hydrogen (secondary N) is 2. The van der Waals surface area contributed by atoms with Crippen molar-refractivity contribution in [3.8, 4) is 17.3 Å². The summed E-state index contributed by atoms with van der Waals surface area (Å²) in [6, 6.07) is 9.75.